The minimum absolute atomic E-state index is 0.0850. The van der Waals surface area contributed by atoms with Crippen LogP contribution < -0.4 is 4.90 Å². The lowest BCUT2D eigenvalue weighted by Crippen LogP contribution is -2.48. The van der Waals surface area contributed by atoms with Gasteiger partial charge in [-0.25, -0.2) is 0 Å². The largest absolute Gasteiger partial charge is 0.368 e. The second-order valence-corrected chi connectivity index (χ2v) is 7.33. The Morgan fingerprint density at radius 3 is 2.61 bits per heavy atom. The van der Waals surface area contributed by atoms with Crippen LogP contribution in [0.25, 0.3) is 6.08 Å². The Hall–Kier alpha value is -1.78. The number of piperazine rings is 1. The van der Waals surface area contributed by atoms with Crippen molar-refractivity contribution in [1.82, 2.24) is 4.90 Å². The summed E-state index contributed by atoms with van der Waals surface area (Å²) in [4.78, 5) is 18.8. The van der Waals surface area contributed by atoms with E-state index in [9.17, 15) is 4.79 Å². The van der Waals surface area contributed by atoms with Crippen LogP contribution >= 0.6 is 22.9 Å². The molecule has 1 aromatic heterocycles. The third-order valence-electron chi connectivity index (χ3n) is 3.92. The van der Waals surface area contributed by atoms with Crippen molar-refractivity contribution in [3.05, 3.63) is 57.3 Å². The number of halogens is 1. The number of aryl methyl sites for hydroxylation is 1. The number of hydrogen-bond donors (Lipinski definition) is 0. The van der Waals surface area contributed by atoms with Crippen molar-refractivity contribution in [2.24, 2.45) is 0 Å². The molecule has 120 valence electrons. The first-order chi connectivity index (χ1) is 11.1. The molecule has 2 heterocycles. The number of carbonyl (C=O) groups excluding carboxylic acids is 1. The highest BCUT2D eigenvalue weighted by molar-refractivity contribution is 7.12. The molecule has 1 aliphatic heterocycles. The summed E-state index contributed by atoms with van der Waals surface area (Å²) in [6.45, 7) is 5.20. The molecule has 2 aromatic rings. The minimum atomic E-state index is 0.0850. The smallest absolute Gasteiger partial charge is 0.246 e. The van der Waals surface area contributed by atoms with Crippen LogP contribution in [-0.4, -0.2) is 37.0 Å². The second-order valence-electron chi connectivity index (χ2n) is 5.57. The molecule has 1 fully saturated rings. The average molecular weight is 347 g/mol. The zero-order valence-corrected chi connectivity index (χ0v) is 14.6. The second kappa shape index (κ2) is 7.20. The molecule has 0 atom stereocenters. The van der Waals surface area contributed by atoms with E-state index < -0.39 is 0 Å². The van der Waals surface area contributed by atoms with E-state index in [2.05, 4.69) is 24.0 Å². The maximum absolute atomic E-state index is 12.3. The van der Waals surface area contributed by atoms with Gasteiger partial charge in [-0.2, -0.15) is 0 Å². The molecule has 0 radical (unpaired) electrons. The number of nitrogens with zero attached hydrogens (tertiary/aromatic N) is 2. The Labute approximate surface area is 145 Å². The van der Waals surface area contributed by atoms with Crippen molar-refractivity contribution in [2.75, 3.05) is 31.1 Å². The molecule has 0 aliphatic carbocycles. The predicted octanol–water partition coefficient (Wildman–Crippen LogP) is 4.07. The van der Waals surface area contributed by atoms with Gasteiger partial charge in [0, 0.05) is 52.7 Å². The molecule has 3 rings (SSSR count). The summed E-state index contributed by atoms with van der Waals surface area (Å²) in [7, 11) is 0. The third kappa shape index (κ3) is 4.15. The lowest BCUT2D eigenvalue weighted by Gasteiger charge is -2.35. The van der Waals surface area contributed by atoms with Crippen molar-refractivity contribution in [1.29, 1.82) is 0 Å². The zero-order valence-electron chi connectivity index (χ0n) is 13.0. The van der Waals surface area contributed by atoms with Crippen LogP contribution in [0.4, 0.5) is 5.69 Å². The lowest BCUT2D eigenvalue weighted by molar-refractivity contribution is -0.126. The van der Waals surface area contributed by atoms with Crippen molar-refractivity contribution >= 4 is 40.6 Å². The van der Waals surface area contributed by atoms with Gasteiger partial charge in [0.05, 0.1) is 0 Å². The van der Waals surface area contributed by atoms with Crippen LogP contribution in [0.5, 0.6) is 0 Å². The Morgan fingerprint density at radius 2 is 1.96 bits per heavy atom. The summed E-state index contributed by atoms with van der Waals surface area (Å²) < 4.78 is 0. The molecule has 5 heteroatoms. The lowest BCUT2D eigenvalue weighted by atomic mass is 10.2. The predicted molar refractivity (Wildman–Crippen MR) is 98.3 cm³/mol. The Kier molecular flexibility index (Phi) is 5.03. The minimum Gasteiger partial charge on any atom is -0.368 e. The average Bonchev–Trinajstić information content (AvgIpc) is 2.98. The fraction of sp³-hybridized carbons (Fsp3) is 0.278. The van der Waals surface area contributed by atoms with E-state index in [0.29, 0.717) is 0 Å². The molecule has 1 amide bonds. The first-order valence-corrected chi connectivity index (χ1v) is 8.85. The first-order valence-electron chi connectivity index (χ1n) is 7.66. The highest BCUT2D eigenvalue weighted by atomic mass is 35.5. The van der Waals surface area contributed by atoms with Crippen molar-refractivity contribution in [2.45, 2.75) is 6.92 Å². The van der Waals surface area contributed by atoms with Crippen LogP contribution in [0.3, 0.4) is 0 Å². The molecule has 0 bridgehead atoms. The van der Waals surface area contributed by atoms with Gasteiger partial charge in [0.1, 0.15) is 0 Å². The molecule has 0 spiro atoms. The number of thiophene rings is 1. The molecule has 1 saturated heterocycles. The summed E-state index contributed by atoms with van der Waals surface area (Å²) >= 11 is 7.74. The maximum atomic E-state index is 12.3. The highest BCUT2D eigenvalue weighted by Gasteiger charge is 2.19. The molecular formula is C18H19ClN2OS. The Balaban J connectivity index is 1.56. The standard InChI is InChI=1S/C18H19ClN2OS/c1-14-5-6-17(23-14)7-8-18(22)21-11-9-20(10-12-21)16-4-2-3-15(19)13-16/h2-8,13H,9-12H2,1H3/b8-7+. The quantitative estimate of drug-likeness (QED) is 0.782. The van der Waals surface area contributed by atoms with Gasteiger partial charge in [-0.1, -0.05) is 17.7 Å². The van der Waals surface area contributed by atoms with Gasteiger partial charge in [0.15, 0.2) is 0 Å². The number of rotatable bonds is 3. The highest BCUT2D eigenvalue weighted by Crippen LogP contribution is 2.21. The summed E-state index contributed by atoms with van der Waals surface area (Å²) in [5, 5.41) is 0.746. The molecule has 0 unspecified atom stereocenters. The number of amides is 1. The molecular weight excluding hydrogens is 328 g/mol. The fourth-order valence-corrected chi connectivity index (χ4v) is 3.62. The van der Waals surface area contributed by atoms with Crippen LogP contribution in [0, 0.1) is 6.92 Å². The third-order valence-corrected chi connectivity index (χ3v) is 5.12. The van der Waals surface area contributed by atoms with Crippen molar-refractivity contribution in [3.63, 3.8) is 0 Å². The van der Waals surface area contributed by atoms with E-state index in [1.165, 1.54) is 4.88 Å². The van der Waals surface area contributed by atoms with E-state index in [4.69, 9.17) is 11.6 Å². The van der Waals surface area contributed by atoms with E-state index in [0.717, 1.165) is 41.8 Å². The van der Waals surface area contributed by atoms with E-state index in [1.54, 1.807) is 17.4 Å². The zero-order chi connectivity index (χ0) is 16.2. The molecule has 1 aliphatic rings. The van der Waals surface area contributed by atoms with Gasteiger partial charge in [-0.3, -0.25) is 4.79 Å². The summed E-state index contributed by atoms with van der Waals surface area (Å²) in [5.41, 5.74) is 1.12. The van der Waals surface area contributed by atoms with Crippen molar-refractivity contribution < 1.29 is 4.79 Å². The molecule has 0 N–H and O–H groups in total. The topological polar surface area (TPSA) is 23.6 Å². The normalized spacial score (nSPS) is 15.4. The molecule has 0 saturated carbocycles. The van der Waals surface area contributed by atoms with Crippen LogP contribution in [0.1, 0.15) is 9.75 Å². The van der Waals surface area contributed by atoms with Crippen molar-refractivity contribution in [3.8, 4) is 0 Å². The van der Waals surface area contributed by atoms with E-state index in [-0.39, 0.29) is 5.91 Å². The summed E-state index contributed by atoms with van der Waals surface area (Å²) in [5.74, 6) is 0.0850. The van der Waals surface area contributed by atoms with Gasteiger partial charge in [-0.05, 0) is 43.3 Å². The number of hydrogen-bond acceptors (Lipinski definition) is 3. The first kappa shape index (κ1) is 16.1. The number of benzene rings is 1. The van der Waals surface area contributed by atoms with Gasteiger partial charge < -0.3 is 9.80 Å². The Morgan fingerprint density at radius 1 is 1.17 bits per heavy atom. The maximum Gasteiger partial charge on any atom is 0.246 e. The summed E-state index contributed by atoms with van der Waals surface area (Å²) in [6.07, 6.45) is 3.59. The molecule has 1 aromatic carbocycles. The van der Waals surface area contributed by atoms with Gasteiger partial charge in [-0.15, -0.1) is 11.3 Å². The van der Waals surface area contributed by atoms with Crippen LogP contribution in [-0.2, 0) is 4.79 Å². The van der Waals surface area contributed by atoms with E-state index in [1.807, 2.05) is 35.2 Å². The van der Waals surface area contributed by atoms with E-state index >= 15 is 0 Å². The van der Waals surface area contributed by atoms with Gasteiger partial charge in [0.25, 0.3) is 0 Å². The number of anilines is 1. The van der Waals surface area contributed by atoms with Crippen LogP contribution in [0.15, 0.2) is 42.5 Å². The molecule has 23 heavy (non-hydrogen) atoms. The fourth-order valence-electron chi connectivity index (χ4n) is 2.66. The Bertz CT molecular complexity index is 717. The van der Waals surface area contributed by atoms with Crippen LogP contribution in [0.2, 0.25) is 5.02 Å². The monoisotopic (exact) mass is 346 g/mol. The van der Waals surface area contributed by atoms with Gasteiger partial charge in [0.2, 0.25) is 5.91 Å². The molecule has 3 nitrogen and oxygen atoms in total. The SMILES string of the molecule is Cc1ccc(/C=C/C(=O)N2CCN(c3cccc(Cl)c3)CC2)s1. The summed E-state index contributed by atoms with van der Waals surface area (Å²) in [6, 6.07) is 12.0. The van der Waals surface area contributed by atoms with Gasteiger partial charge >= 0.3 is 0 Å². The number of carbonyl (C=O) groups is 1.